The van der Waals surface area contributed by atoms with Crippen LogP contribution in [0.5, 0.6) is 0 Å². The monoisotopic (exact) mass is 288 g/mol. The van der Waals surface area contributed by atoms with Crippen molar-refractivity contribution in [3.8, 4) is 0 Å². The third kappa shape index (κ3) is 3.07. The lowest BCUT2D eigenvalue weighted by Crippen LogP contribution is -2.29. The van der Waals surface area contributed by atoms with E-state index >= 15 is 0 Å². The van der Waals surface area contributed by atoms with Crippen molar-refractivity contribution in [2.45, 2.75) is 19.4 Å². The number of likely N-dealkylation sites (tertiary alicyclic amines) is 1. The minimum absolute atomic E-state index is 0. The fourth-order valence-electron chi connectivity index (χ4n) is 3.20. The molecule has 19 heavy (non-hydrogen) atoms. The van der Waals surface area contributed by atoms with Gasteiger partial charge in [-0.2, -0.15) is 0 Å². The number of hydrogen-bond acceptors (Lipinski definition) is 2. The Morgan fingerprint density at radius 1 is 1.26 bits per heavy atom. The zero-order valence-corrected chi connectivity index (χ0v) is 11.6. The van der Waals surface area contributed by atoms with Crippen LogP contribution in [-0.2, 0) is 6.54 Å². The van der Waals surface area contributed by atoms with Gasteiger partial charge in [-0.3, -0.25) is 4.90 Å². The molecule has 2 aliphatic heterocycles. The summed E-state index contributed by atoms with van der Waals surface area (Å²) in [4.78, 5) is 2.28. The molecule has 0 aromatic heterocycles. The largest absolute Gasteiger partial charge is 0.316 e. The summed E-state index contributed by atoms with van der Waals surface area (Å²) < 4.78 is 26.4. The Kier molecular flexibility index (Phi) is 4.43. The van der Waals surface area contributed by atoms with Crippen molar-refractivity contribution in [2.75, 3.05) is 26.2 Å². The Labute approximate surface area is 118 Å². The molecule has 0 aliphatic carbocycles. The van der Waals surface area contributed by atoms with Gasteiger partial charge in [0.05, 0.1) is 0 Å². The Bertz CT molecular complexity index is 447. The van der Waals surface area contributed by atoms with E-state index in [0.29, 0.717) is 17.5 Å². The molecule has 0 saturated carbocycles. The van der Waals surface area contributed by atoms with E-state index in [1.807, 2.05) is 0 Å². The van der Waals surface area contributed by atoms with E-state index in [9.17, 15) is 8.78 Å². The van der Waals surface area contributed by atoms with Gasteiger partial charge in [0.15, 0.2) is 0 Å². The van der Waals surface area contributed by atoms with Crippen molar-refractivity contribution < 1.29 is 8.78 Å². The maximum Gasteiger partial charge on any atom is 0.130 e. The number of hydrogen-bond donors (Lipinski definition) is 1. The molecular weight excluding hydrogens is 270 g/mol. The van der Waals surface area contributed by atoms with Gasteiger partial charge in [-0.1, -0.05) is 6.07 Å². The Morgan fingerprint density at radius 3 is 2.79 bits per heavy atom. The fraction of sp³-hybridized carbons (Fsp3) is 0.571. The predicted octanol–water partition coefficient (Wildman–Crippen LogP) is 2.57. The van der Waals surface area contributed by atoms with Gasteiger partial charge in [0.25, 0.3) is 0 Å². The summed E-state index contributed by atoms with van der Waals surface area (Å²) in [5.74, 6) is -0.936. The number of nitrogens with zero attached hydrogens (tertiary/aromatic N) is 1. The highest BCUT2D eigenvalue weighted by Crippen LogP contribution is 2.36. The van der Waals surface area contributed by atoms with Crippen LogP contribution in [-0.4, -0.2) is 31.1 Å². The molecule has 0 radical (unpaired) electrons. The zero-order chi connectivity index (χ0) is 12.6. The van der Waals surface area contributed by atoms with Crippen LogP contribution in [0.15, 0.2) is 18.2 Å². The number of halogens is 3. The smallest absolute Gasteiger partial charge is 0.130 e. The zero-order valence-electron chi connectivity index (χ0n) is 10.8. The van der Waals surface area contributed by atoms with Crippen molar-refractivity contribution >= 4 is 12.4 Å². The normalized spacial score (nSPS) is 26.8. The Hall–Kier alpha value is -0.710. The van der Waals surface area contributed by atoms with Gasteiger partial charge in [0, 0.05) is 31.3 Å². The minimum Gasteiger partial charge on any atom is -0.316 e. The lowest BCUT2D eigenvalue weighted by Gasteiger charge is -2.23. The summed E-state index contributed by atoms with van der Waals surface area (Å²) in [6.45, 7) is 4.80. The first-order valence-corrected chi connectivity index (χ1v) is 6.54. The molecule has 1 atom stereocenters. The van der Waals surface area contributed by atoms with Gasteiger partial charge in [-0.25, -0.2) is 8.78 Å². The highest BCUT2D eigenvalue weighted by atomic mass is 35.5. The van der Waals surface area contributed by atoms with Crippen molar-refractivity contribution in [2.24, 2.45) is 5.41 Å². The molecule has 0 amide bonds. The van der Waals surface area contributed by atoms with Gasteiger partial charge in [0.1, 0.15) is 11.6 Å². The van der Waals surface area contributed by atoms with Crippen LogP contribution in [0.3, 0.4) is 0 Å². The SMILES string of the molecule is Cl.Fc1ccc(CN2CCC3(CCNC3)C2)c(F)c1. The summed E-state index contributed by atoms with van der Waals surface area (Å²) in [7, 11) is 0. The number of rotatable bonds is 2. The van der Waals surface area contributed by atoms with Gasteiger partial charge in [0.2, 0.25) is 0 Å². The molecule has 0 bridgehead atoms. The second-order valence-corrected chi connectivity index (χ2v) is 5.62. The molecule has 2 heterocycles. The molecule has 2 aliphatic rings. The van der Waals surface area contributed by atoms with Crippen molar-refractivity contribution in [3.05, 3.63) is 35.4 Å². The average Bonchev–Trinajstić information content (AvgIpc) is 2.94. The van der Waals surface area contributed by atoms with Crippen molar-refractivity contribution in [3.63, 3.8) is 0 Å². The van der Waals surface area contributed by atoms with Crippen LogP contribution >= 0.6 is 12.4 Å². The topological polar surface area (TPSA) is 15.3 Å². The van der Waals surface area contributed by atoms with Crippen LogP contribution in [0, 0.1) is 17.0 Å². The minimum atomic E-state index is -0.505. The molecule has 106 valence electrons. The Morgan fingerprint density at radius 2 is 2.11 bits per heavy atom. The molecule has 1 aromatic rings. The number of benzene rings is 1. The van der Waals surface area contributed by atoms with Gasteiger partial charge in [-0.15, -0.1) is 12.4 Å². The molecule has 1 aromatic carbocycles. The lowest BCUT2D eigenvalue weighted by atomic mass is 9.86. The van der Waals surface area contributed by atoms with Crippen molar-refractivity contribution in [1.82, 2.24) is 10.2 Å². The molecular formula is C14H19ClF2N2. The molecule has 3 rings (SSSR count). The van der Waals surface area contributed by atoms with Gasteiger partial charge in [-0.05, 0) is 37.4 Å². The number of nitrogens with one attached hydrogen (secondary N) is 1. The van der Waals surface area contributed by atoms with Crippen LogP contribution < -0.4 is 5.32 Å². The highest BCUT2D eigenvalue weighted by molar-refractivity contribution is 5.85. The highest BCUT2D eigenvalue weighted by Gasteiger charge is 2.40. The summed E-state index contributed by atoms with van der Waals surface area (Å²) in [6.07, 6.45) is 2.40. The third-order valence-electron chi connectivity index (χ3n) is 4.26. The van der Waals surface area contributed by atoms with Crippen LogP contribution in [0.4, 0.5) is 8.78 Å². The van der Waals surface area contributed by atoms with Crippen molar-refractivity contribution in [1.29, 1.82) is 0 Å². The molecule has 1 N–H and O–H groups in total. The molecule has 5 heteroatoms. The molecule has 2 fully saturated rings. The molecule has 2 nitrogen and oxygen atoms in total. The van der Waals surface area contributed by atoms with E-state index in [1.54, 1.807) is 6.07 Å². The quantitative estimate of drug-likeness (QED) is 0.900. The van der Waals surface area contributed by atoms with Crippen LogP contribution in [0.1, 0.15) is 18.4 Å². The van der Waals surface area contributed by atoms with Gasteiger partial charge >= 0.3 is 0 Å². The van der Waals surface area contributed by atoms with E-state index in [4.69, 9.17) is 0 Å². The van der Waals surface area contributed by atoms with E-state index in [2.05, 4.69) is 10.2 Å². The lowest BCUT2D eigenvalue weighted by molar-refractivity contribution is 0.266. The second-order valence-electron chi connectivity index (χ2n) is 5.62. The van der Waals surface area contributed by atoms with E-state index in [0.717, 1.165) is 32.2 Å². The van der Waals surface area contributed by atoms with E-state index in [1.165, 1.54) is 18.9 Å². The molecule has 1 unspecified atom stereocenters. The van der Waals surface area contributed by atoms with E-state index in [-0.39, 0.29) is 12.4 Å². The standard InChI is InChI=1S/C14H18F2N2.ClH/c15-12-2-1-11(13(16)7-12)8-18-6-4-14(10-18)3-5-17-9-14;/h1-2,7,17H,3-6,8-10H2;1H. The fourth-order valence-corrected chi connectivity index (χ4v) is 3.20. The Balaban J connectivity index is 0.00000133. The maximum absolute atomic E-state index is 13.6. The first-order chi connectivity index (χ1) is 8.67. The summed E-state index contributed by atoms with van der Waals surface area (Å²) in [5, 5.41) is 3.41. The average molecular weight is 289 g/mol. The molecule has 1 spiro atoms. The van der Waals surface area contributed by atoms with Gasteiger partial charge < -0.3 is 5.32 Å². The van der Waals surface area contributed by atoms with Crippen LogP contribution in [0.25, 0.3) is 0 Å². The first kappa shape index (κ1) is 14.7. The second kappa shape index (κ2) is 5.73. The van der Waals surface area contributed by atoms with E-state index < -0.39 is 11.6 Å². The summed E-state index contributed by atoms with van der Waals surface area (Å²) >= 11 is 0. The molecule has 2 saturated heterocycles. The summed E-state index contributed by atoms with van der Waals surface area (Å²) in [6, 6.07) is 3.86. The maximum atomic E-state index is 13.6. The summed E-state index contributed by atoms with van der Waals surface area (Å²) in [5.41, 5.74) is 0.996. The third-order valence-corrected chi connectivity index (χ3v) is 4.26. The first-order valence-electron chi connectivity index (χ1n) is 6.54. The predicted molar refractivity (Wildman–Crippen MR) is 73.4 cm³/mol. The van der Waals surface area contributed by atoms with Crippen LogP contribution in [0.2, 0.25) is 0 Å².